The standard InChI is InChI=1S/C13H22O/c1-12(2)6-4-7-13(3)8-5-10(14)9-11(12)13/h11H,4-9H2,1-3H3/t11-,13+/m1/s1. The molecule has 2 aliphatic carbocycles. The highest BCUT2D eigenvalue weighted by atomic mass is 16.1. The third-order valence-corrected chi connectivity index (χ3v) is 4.76. The van der Waals surface area contributed by atoms with Crippen LogP contribution in [0, 0.1) is 16.7 Å². The monoisotopic (exact) mass is 194 g/mol. The SMILES string of the molecule is CC1(C)CCC[C@@]2(C)CCC(=O)C[C@H]12. The molecule has 0 heterocycles. The quantitative estimate of drug-likeness (QED) is 0.576. The molecule has 0 radical (unpaired) electrons. The Labute approximate surface area is 87.3 Å². The molecule has 0 aromatic rings. The summed E-state index contributed by atoms with van der Waals surface area (Å²) in [6, 6.07) is 0. The van der Waals surface area contributed by atoms with Crippen molar-refractivity contribution < 1.29 is 4.79 Å². The third-order valence-electron chi connectivity index (χ3n) is 4.76. The first kappa shape index (κ1) is 10.2. The summed E-state index contributed by atoms with van der Waals surface area (Å²) in [5.41, 5.74) is 0.860. The highest BCUT2D eigenvalue weighted by Crippen LogP contribution is 2.56. The van der Waals surface area contributed by atoms with Gasteiger partial charge in [-0.25, -0.2) is 0 Å². The van der Waals surface area contributed by atoms with Gasteiger partial charge in [-0.1, -0.05) is 27.2 Å². The Hall–Kier alpha value is -0.330. The number of carbonyl (C=O) groups excluding carboxylic acids is 1. The molecule has 0 spiro atoms. The van der Waals surface area contributed by atoms with Gasteiger partial charge in [-0.3, -0.25) is 4.79 Å². The Kier molecular flexibility index (Phi) is 2.24. The molecule has 1 heteroatoms. The topological polar surface area (TPSA) is 17.1 Å². The molecule has 0 N–H and O–H groups in total. The van der Waals surface area contributed by atoms with E-state index in [1.165, 1.54) is 19.3 Å². The van der Waals surface area contributed by atoms with Gasteiger partial charge in [0.2, 0.25) is 0 Å². The molecule has 0 aromatic heterocycles. The predicted molar refractivity (Wildman–Crippen MR) is 58.1 cm³/mol. The molecule has 1 nitrogen and oxygen atoms in total. The van der Waals surface area contributed by atoms with Crippen molar-refractivity contribution in [3.05, 3.63) is 0 Å². The number of fused-ring (bicyclic) bond motifs is 1. The van der Waals surface area contributed by atoms with Gasteiger partial charge in [-0.05, 0) is 36.0 Å². The number of ketones is 1. The Morgan fingerprint density at radius 1 is 1.14 bits per heavy atom. The second kappa shape index (κ2) is 3.08. The van der Waals surface area contributed by atoms with E-state index >= 15 is 0 Å². The van der Waals surface area contributed by atoms with Crippen LogP contribution in [-0.2, 0) is 4.79 Å². The Morgan fingerprint density at radius 2 is 1.86 bits per heavy atom. The maximum atomic E-state index is 11.5. The smallest absolute Gasteiger partial charge is 0.133 e. The molecule has 2 atom stereocenters. The van der Waals surface area contributed by atoms with E-state index in [0.717, 1.165) is 19.3 Å². The summed E-state index contributed by atoms with van der Waals surface area (Å²) in [6.45, 7) is 7.12. The number of hydrogen-bond donors (Lipinski definition) is 0. The Balaban J connectivity index is 2.26. The number of hydrogen-bond acceptors (Lipinski definition) is 1. The number of rotatable bonds is 0. The minimum Gasteiger partial charge on any atom is -0.300 e. The van der Waals surface area contributed by atoms with Gasteiger partial charge in [0.1, 0.15) is 5.78 Å². The molecular formula is C13H22O. The van der Waals surface area contributed by atoms with Crippen LogP contribution in [0.15, 0.2) is 0 Å². The van der Waals surface area contributed by atoms with Crippen LogP contribution in [0.4, 0.5) is 0 Å². The summed E-state index contributed by atoms with van der Waals surface area (Å²) in [7, 11) is 0. The fourth-order valence-electron chi connectivity index (χ4n) is 3.82. The maximum Gasteiger partial charge on any atom is 0.133 e. The lowest BCUT2D eigenvalue weighted by Crippen LogP contribution is -2.46. The first-order chi connectivity index (χ1) is 6.44. The van der Waals surface area contributed by atoms with Crippen LogP contribution in [0.5, 0.6) is 0 Å². The summed E-state index contributed by atoms with van der Waals surface area (Å²) >= 11 is 0. The summed E-state index contributed by atoms with van der Waals surface area (Å²) in [4.78, 5) is 11.5. The minimum absolute atomic E-state index is 0.392. The molecule has 80 valence electrons. The van der Waals surface area contributed by atoms with Crippen LogP contribution < -0.4 is 0 Å². The van der Waals surface area contributed by atoms with E-state index in [1.807, 2.05) is 0 Å². The summed E-state index contributed by atoms with van der Waals surface area (Å²) in [5, 5.41) is 0. The molecule has 2 aliphatic rings. The van der Waals surface area contributed by atoms with Crippen molar-refractivity contribution in [1.29, 1.82) is 0 Å². The lowest BCUT2D eigenvalue weighted by Gasteiger charge is -2.53. The molecule has 0 aromatic carbocycles. The van der Waals surface area contributed by atoms with Crippen LogP contribution in [-0.4, -0.2) is 5.78 Å². The van der Waals surface area contributed by atoms with Crippen molar-refractivity contribution >= 4 is 5.78 Å². The number of carbonyl (C=O) groups is 1. The molecule has 2 fully saturated rings. The molecule has 2 saturated carbocycles. The van der Waals surface area contributed by atoms with E-state index in [9.17, 15) is 4.79 Å². The highest BCUT2D eigenvalue weighted by molar-refractivity contribution is 5.79. The van der Waals surface area contributed by atoms with Crippen molar-refractivity contribution in [2.24, 2.45) is 16.7 Å². The maximum absolute atomic E-state index is 11.5. The van der Waals surface area contributed by atoms with Crippen molar-refractivity contribution in [1.82, 2.24) is 0 Å². The zero-order valence-corrected chi connectivity index (χ0v) is 9.73. The van der Waals surface area contributed by atoms with E-state index in [0.29, 0.717) is 22.5 Å². The largest absolute Gasteiger partial charge is 0.300 e. The van der Waals surface area contributed by atoms with E-state index in [4.69, 9.17) is 0 Å². The van der Waals surface area contributed by atoms with Gasteiger partial charge in [-0.15, -0.1) is 0 Å². The molecule has 0 bridgehead atoms. The van der Waals surface area contributed by atoms with Crippen molar-refractivity contribution in [2.75, 3.05) is 0 Å². The fourth-order valence-corrected chi connectivity index (χ4v) is 3.82. The Bertz CT molecular complexity index is 254. The highest BCUT2D eigenvalue weighted by Gasteiger charge is 2.48. The van der Waals surface area contributed by atoms with E-state index in [2.05, 4.69) is 20.8 Å². The Morgan fingerprint density at radius 3 is 2.57 bits per heavy atom. The lowest BCUT2D eigenvalue weighted by molar-refractivity contribution is -0.131. The van der Waals surface area contributed by atoms with Gasteiger partial charge < -0.3 is 0 Å². The summed E-state index contributed by atoms with van der Waals surface area (Å²) < 4.78 is 0. The molecule has 0 saturated heterocycles. The fraction of sp³-hybridized carbons (Fsp3) is 0.923. The van der Waals surface area contributed by atoms with Gasteiger partial charge in [0.05, 0.1) is 0 Å². The second-order valence-electron chi connectivity index (χ2n) is 6.29. The van der Waals surface area contributed by atoms with Crippen molar-refractivity contribution in [3.8, 4) is 0 Å². The molecular weight excluding hydrogens is 172 g/mol. The zero-order valence-electron chi connectivity index (χ0n) is 9.73. The lowest BCUT2D eigenvalue weighted by atomic mass is 9.51. The van der Waals surface area contributed by atoms with Crippen molar-refractivity contribution in [2.45, 2.75) is 59.3 Å². The van der Waals surface area contributed by atoms with Gasteiger partial charge in [0, 0.05) is 12.8 Å². The molecule has 0 aliphatic heterocycles. The van der Waals surface area contributed by atoms with Gasteiger partial charge in [-0.2, -0.15) is 0 Å². The van der Waals surface area contributed by atoms with Gasteiger partial charge in [0.15, 0.2) is 0 Å². The normalized spacial score (nSPS) is 41.9. The van der Waals surface area contributed by atoms with E-state index in [1.54, 1.807) is 0 Å². The average Bonchev–Trinajstić information content (AvgIpc) is 2.08. The van der Waals surface area contributed by atoms with Crippen molar-refractivity contribution in [3.63, 3.8) is 0 Å². The average molecular weight is 194 g/mol. The van der Waals surface area contributed by atoms with E-state index < -0.39 is 0 Å². The first-order valence-electron chi connectivity index (χ1n) is 5.96. The number of Topliss-reactive ketones (excluding diaryl/α,β-unsaturated/α-hetero) is 1. The van der Waals surface area contributed by atoms with Gasteiger partial charge in [0.25, 0.3) is 0 Å². The van der Waals surface area contributed by atoms with Crippen LogP contribution >= 0.6 is 0 Å². The van der Waals surface area contributed by atoms with Crippen LogP contribution in [0.2, 0.25) is 0 Å². The van der Waals surface area contributed by atoms with Gasteiger partial charge >= 0.3 is 0 Å². The summed E-state index contributed by atoms with van der Waals surface area (Å²) in [5.74, 6) is 1.15. The van der Waals surface area contributed by atoms with Crippen LogP contribution in [0.1, 0.15) is 59.3 Å². The minimum atomic E-state index is 0.392. The molecule has 0 amide bonds. The predicted octanol–water partition coefficient (Wildman–Crippen LogP) is 3.57. The zero-order chi connectivity index (χ0) is 10.4. The summed E-state index contributed by atoms with van der Waals surface area (Å²) in [6.07, 6.45) is 6.83. The molecule has 0 unspecified atom stereocenters. The van der Waals surface area contributed by atoms with Crippen LogP contribution in [0.25, 0.3) is 0 Å². The first-order valence-corrected chi connectivity index (χ1v) is 5.96. The van der Waals surface area contributed by atoms with Crippen LogP contribution in [0.3, 0.4) is 0 Å². The second-order valence-corrected chi connectivity index (χ2v) is 6.29. The van der Waals surface area contributed by atoms with E-state index in [-0.39, 0.29) is 0 Å². The third kappa shape index (κ3) is 1.51. The molecule has 14 heavy (non-hydrogen) atoms. The molecule has 2 rings (SSSR count).